The van der Waals surface area contributed by atoms with Gasteiger partial charge < -0.3 is 10.7 Å². The van der Waals surface area contributed by atoms with E-state index >= 15 is 0 Å². The monoisotopic (exact) mass is 276 g/mol. The molecule has 1 aromatic carbocycles. The van der Waals surface area contributed by atoms with Gasteiger partial charge in [0.05, 0.1) is 28.5 Å². The lowest BCUT2D eigenvalue weighted by molar-refractivity contribution is 0.0951. The number of amides is 1. The number of nitrogen functional groups attached to an aromatic ring is 1. The van der Waals surface area contributed by atoms with Crippen LogP contribution < -0.4 is 16.6 Å². The van der Waals surface area contributed by atoms with Crippen LogP contribution in [-0.2, 0) is 6.54 Å². The van der Waals surface area contributed by atoms with E-state index in [4.69, 9.17) is 5.84 Å². The number of rotatable bonds is 4. The summed E-state index contributed by atoms with van der Waals surface area (Å²) in [6.45, 7) is 4.30. The summed E-state index contributed by atoms with van der Waals surface area (Å²) < 4.78 is 0. The van der Waals surface area contributed by atoms with Crippen molar-refractivity contribution in [3.63, 3.8) is 0 Å². The maximum absolute atomic E-state index is 12.1. The summed E-state index contributed by atoms with van der Waals surface area (Å²) in [6.07, 6.45) is 0. The highest BCUT2D eigenvalue weighted by Crippen LogP contribution is 2.16. The minimum atomic E-state index is -0.168. The van der Waals surface area contributed by atoms with Gasteiger partial charge in [-0.25, -0.2) is 4.98 Å². The maximum atomic E-state index is 12.1. The molecule has 1 amide bonds. The number of aromatic nitrogens is 1. The van der Waals surface area contributed by atoms with Gasteiger partial charge in [-0.1, -0.05) is 6.07 Å². The fourth-order valence-electron chi connectivity index (χ4n) is 1.73. The number of aryl methyl sites for hydroxylation is 2. The van der Waals surface area contributed by atoms with Crippen molar-refractivity contribution in [1.82, 2.24) is 10.3 Å². The molecule has 0 fully saturated rings. The molecule has 0 aliphatic carbocycles. The smallest absolute Gasteiger partial charge is 0.253 e. The Labute approximate surface area is 115 Å². The molecule has 0 aliphatic rings. The van der Waals surface area contributed by atoms with Gasteiger partial charge in [0.1, 0.15) is 0 Å². The summed E-state index contributed by atoms with van der Waals surface area (Å²) >= 11 is 1.57. The molecule has 0 atom stereocenters. The quantitative estimate of drug-likeness (QED) is 0.589. The number of hydrogen-bond acceptors (Lipinski definition) is 5. The third-order valence-corrected chi connectivity index (χ3v) is 3.49. The van der Waals surface area contributed by atoms with Crippen LogP contribution in [0.3, 0.4) is 0 Å². The minimum absolute atomic E-state index is 0.168. The van der Waals surface area contributed by atoms with E-state index in [1.807, 2.05) is 31.4 Å². The van der Waals surface area contributed by atoms with Crippen LogP contribution in [0.25, 0.3) is 0 Å². The summed E-state index contributed by atoms with van der Waals surface area (Å²) in [5.74, 6) is 5.26. The first-order chi connectivity index (χ1) is 9.10. The van der Waals surface area contributed by atoms with E-state index in [0.29, 0.717) is 17.8 Å². The highest BCUT2D eigenvalue weighted by molar-refractivity contribution is 7.09. The SMILES string of the molecule is Cc1ccc(C(=O)NCc2csc(C)n2)c(NN)c1. The number of thiazole rings is 1. The maximum Gasteiger partial charge on any atom is 0.253 e. The van der Waals surface area contributed by atoms with E-state index in [-0.39, 0.29) is 5.91 Å². The van der Waals surface area contributed by atoms with Crippen molar-refractivity contribution < 1.29 is 4.79 Å². The minimum Gasteiger partial charge on any atom is -0.346 e. The fraction of sp³-hybridized carbons (Fsp3) is 0.231. The number of nitrogens with two attached hydrogens (primary N) is 1. The van der Waals surface area contributed by atoms with Gasteiger partial charge in [0.25, 0.3) is 5.91 Å². The van der Waals surface area contributed by atoms with Crippen LogP contribution in [0.1, 0.15) is 26.6 Å². The van der Waals surface area contributed by atoms with E-state index in [1.165, 1.54) is 0 Å². The molecule has 0 bridgehead atoms. The molecule has 2 aromatic rings. The highest BCUT2D eigenvalue weighted by Gasteiger charge is 2.11. The molecule has 4 N–H and O–H groups in total. The highest BCUT2D eigenvalue weighted by atomic mass is 32.1. The van der Waals surface area contributed by atoms with Crippen LogP contribution in [0.2, 0.25) is 0 Å². The first-order valence-corrected chi connectivity index (χ1v) is 6.74. The van der Waals surface area contributed by atoms with Gasteiger partial charge in [-0.2, -0.15) is 0 Å². The van der Waals surface area contributed by atoms with Crippen LogP contribution in [0.4, 0.5) is 5.69 Å². The summed E-state index contributed by atoms with van der Waals surface area (Å²) in [6, 6.07) is 5.47. The Balaban J connectivity index is 2.07. The third-order valence-electron chi connectivity index (χ3n) is 2.67. The van der Waals surface area contributed by atoms with E-state index in [2.05, 4.69) is 15.7 Å². The van der Waals surface area contributed by atoms with E-state index < -0.39 is 0 Å². The molecule has 0 radical (unpaired) electrons. The summed E-state index contributed by atoms with van der Waals surface area (Å²) in [7, 11) is 0. The zero-order chi connectivity index (χ0) is 13.8. The number of nitrogens with one attached hydrogen (secondary N) is 2. The molecule has 19 heavy (non-hydrogen) atoms. The molecule has 100 valence electrons. The Bertz CT molecular complexity index is 594. The molecule has 0 saturated heterocycles. The third kappa shape index (κ3) is 3.30. The lowest BCUT2D eigenvalue weighted by Gasteiger charge is -2.09. The Kier molecular flexibility index (Phi) is 4.13. The van der Waals surface area contributed by atoms with Crippen molar-refractivity contribution >= 4 is 22.9 Å². The van der Waals surface area contributed by atoms with Crippen molar-refractivity contribution in [1.29, 1.82) is 0 Å². The van der Waals surface area contributed by atoms with Gasteiger partial charge in [-0.3, -0.25) is 10.6 Å². The number of hydrazine groups is 1. The lowest BCUT2D eigenvalue weighted by Crippen LogP contribution is -2.25. The number of anilines is 1. The first kappa shape index (κ1) is 13.5. The van der Waals surface area contributed by atoms with E-state index in [1.54, 1.807) is 17.4 Å². The molecule has 6 heteroatoms. The number of hydrogen-bond donors (Lipinski definition) is 3. The molecule has 5 nitrogen and oxygen atoms in total. The zero-order valence-corrected chi connectivity index (χ0v) is 11.7. The number of carbonyl (C=O) groups is 1. The molecule has 2 rings (SSSR count). The van der Waals surface area contributed by atoms with Crippen LogP contribution in [0, 0.1) is 13.8 Å². The van der Waals surface area contributed by atoms with Gasteiger partial charge in [0.15, 0.2) is 0 Å². The topological polar surface area (TPSA) is 80.0 Å². The average molecular weight is 276 g/mol. The second-order valence-electron chi connectivity index (χ2n) is 4.23. The number of nitrogens with zero attached hydrogens (tertiary/aromatic N) is 1. The molecule has 0 aliphatic heterocycles. The van der Waals surface area contributed by atoms with Gasteiger partial charge in [0, 0.05) is 5.38 Å². The molecule has 0 spiro atoms. The fourth-order valence-corrected chi connectivity index (χ4v) is 2.34. The van der Waals surface area contributed by atoms with Gasteiger partial charge in [-0.05, 0) is 31.5 Å². The lowest BCUT2D eigenvalue weighted by atomic mass is 10.1. The summed E-state index contributed by atoms with van der Waals surface area (Å²) in [5.41, 5.74) is 5.60. The molecular weight excluding hydrogens is 260 g/mol. The Morgan fingerprint density at radius 2 is 2.21 bits per heavy atom. The van der Waals surface area contributed by atoms with Crippen molar-refractivity contribution in [3.05, 3.63) is 45.4 Å². The van der Waals surface area contributed by atoms with Crippen molar-refractivity contribution in [2.75, 3.05) is 5.43 Å². The Morgan fingerprint density at radius 1 is 1.42 bits per heavy atom. The van der Waals surface area contributed by atoms with Crippen LogP contribution in [0.15, 0.2) is 23.6 Å². The standard InChI is InChI=1S/C13H16N4OS/c1-8-3-4-11(12(5-8)17-14)13(18)15-6-10-7-19-9(2)16-10/h3-5,7,17H,6,14H2,1-2H3,(H,15,18). The molecule has 1 heterocycles. The van der Waals surface area contributed by atoms with E-state index in [9.17, 15) is 4.79 Å². The van der Waals surface area contributed by atoms with Crippen molar-refractivity contribution in [2.24, 2.45) is 5.84 Å². The predicted molar refractivity (Wildman–Crippen MR) is 77.0 cm³/mol. The Morgan fingerprint density at radius 3 is 2.84 bits per heavy atom. The van der Waals surface area contributed by atoms with Crippen molar-refractivity contribution in [2.45, 2.75) is 20.4 Å². The van der Waals surface area contributed by atoms with Crippen molar-refractivity contribution in [3.8, 4) is 0 Å². The second-order valence-corrected chi connectivity index (χ2v) is 5.30. The summed E-state index contributed by atoms with van der Waals surface area (Å²) in [4.78, 5) is 16.4. The second kappa shape index (κ2) is 5.81. The first-order valence-electron chi connectivity index (χ1n) is 5.86. The van der Waals surface area contributed by atoms with Gasteiger partial charge >= 0.3 is 0 Å². The number of carbonyl (C=O) groups excluding carboxylic acids is 1. The zero-order valence-electron chi connectivity index (χ0n) is 10.9. The predicted octanol–water partition coefficient (Wildman–Crippen LogP) is 1.98. The van der Waals surface area contributed by atoms with E-state index in [0.717, 1.165) is 16.3 Å². The van der Waals surface area contributed by atoms with Crippen LogP contribution in [-0.4, -0.2) is 10.9 Å². The van der Waals surface area contributed by atoms with Gasteiger partial charge in [-0.15, -0.1) is 11.3 Å². The number of benzene rings is 1. The van der Waals surface area contributed by atoms with Crippen LogP contribution >= 0.6 is 11.3 Å². The van der Waals surface area contributed by atoms with Gasteiger partial charge in [0.2, 0.25) is 0 Å². The normalized spacial score (nSPS) is 10.3. The molecule has 0 saturated carbocycles. The average Bonchev–Trinajstić information content (AvgIpc) is 2.81. The molecular formula is C13H16N4OS. The van der Waals surface area contributed by atoms with Crippen LogP contribution in [0.5, 0.6) is 0 Å². The molecule has 0 unspecified atom stereocenters. The Hall–Kier alpha value is -1.92. The largest absolute Gasteiger partial charge is 0.346 e. The molecule has 1 aromatic heterocycles. The summed E-state index contributed by atoms with van der Waals surface area (Å²) in [5, 5.41) is 5.76.